The van der Waals surface area contributed by atoms with Gasteiger partial charge in [-0.15, -0.1) is 0 Å². The molecule has 2 aromatic rings. The van der Waals surface area contributed by atoms with Crippen LogP contribution in [0.4, 0.5) is 0 Å². The molecule has 0 bridgehead atoms. The molecule has 0 saturated carbocycles. The first-order valence-electron chi connectivity index (χ1n) is 5.25. The third kappa shape index (κ3) is 3.25. The van der Waals surface area contributed by atoms with Crippen LogP contribution in [-0.2, 0) is 0 Å². The average Bonchev–Trinajstić information content (AvgIpc) is 2.38. The number of hydrogen-bond acceptors (Lipinski definition) is 3. The van der Waals surface area contributed by atoms with Gasteiger partial charge in [0.1, 0.15) is 23.9 Å². The third-order valence-electron chi connectivity index (χ3n) is 2.32. The number of rotatable bonds is 3. The fourth-order valence-electron chi connectivity index (χ4n) is 1.51. The Morgan fingerprint density at radius 3 is 2.37 bits per heavy atom. The van der Waals surface area contributed by atoms with Gasteiger partial charge in [-0.1, -0.05) is 23.2 Å². The summed E-state index contributed by atoms with van der Waals surface area (Å²) in [5.41, 5.74) is 0.675. The van der Waals surface area contributed by atoms with E-state index in [0.29, 0.717) is 33.4 Å². The van der Waals surface area contributed by atoms with Crippen LogP contribution in [0.2, 0.25) is 10.0 Å². The van der Waals surface area contributed by atoms with E-state index in [9.17, 15) is 4.79 Å². The van der Waals surface area contributed by atoms with Crippen molar-refractivity contribution in [3.63, 3.8) is 0 Å². The van der Waals surface area contributed by atoms with Gasteiger partial charge in [0.15, 0.2) is 0 Å². The summed E-state index contributed by atoms with van der Waals surface area (Å²) < 4.78 is 5.55. The molecule has 0 amide bonds. The lowest BCUT2D eigenvalue weighted by atomic mass is 10.1. The van der Waals surface area contributed by atoms with E-state index in [1.807, 2.05) is 6.07 Å². The monoisotopic (exact) mass is 291 g/mol. The van der Waals surface area contributed by atoms with Crippen LogP contribution in [0.25, 0.3) is 0 Å². The Balaban J connectivity index is 2.38. The number of halogens is 2. The maximum Gasteiger partial charge on any atom is 0.150 e. The molecule has 0 spiro atoms. The van der Waals surface area contributed by atoms with Crippen molar-refractivity contribution in [3.05, 3.63) is 57.6 Å². The van der Waals surface area contributed by atoms with E-state index in [1.165, 1.54) is 6.07 Å². The molecule has 0 fully saturated rings. The van der Waals surface area contributed by atoms with Crippen LogP contribution in [0.3, 0.4) is 0 Å². The molecule has 94 valence electrons. The number of carbonyl (C=O) groups is 1. The topological polar surface area (TPSA) is 50.1 Å². The predicted octanol–water partition coefficient (Wildman–Crippen LogP) is 4.47. The predicted molar refractivity (Wildman–Crippen MR) is 73.1 cm³/mol. The molecule has 0 atom stereocenters. The van der Waals surface area contributed by atoms with Gasteiger partial charge in [0.05, 0.1) is 5.56 Å². The molecular formula is C14H7Cl2NO2. The van der Waals surface area contributed by atoms with E-state index in [1.54, 1.807) is 30.3 Å². The zero-order chi connectivity index (χ0) is 13.8. The van der Waals surface area contributed by atoms with Gasteiger partial charge in [0.25, 0.3) is 0 Å². The molecule has 0 heterocycles. The molecule has 0 aliphatic heterocycles. The summed E-state index contributed by atoms with van der Waals surface area (Å²) in [6.45, 7) is 0. The quantitative estimate of drug-likeness (QED) is 0.784. The van der Waals surface area contributed by atoms with Gasteiger partial charge < -0.3 is 4.74 Å². The van der Waals surface area contributed by atoms with Crippen LogP contribution >= 0.6 is 23.2 Å². The Morgan fingerprint density at radius 2 is 1.79 bits per heavy atom. The fraction of sp³-hybridized carbons (Fsp3) is 0. The van der Waals surface area contributed by atoms with Crippen LogP contribution < -0.4 is 4.74 Å². The summed E-state index contributed by atoms with van der Waals surface area (Å²) >= 11 is 11.7. The first-order valence-corrected chi connectivity index (χ1v) is 6.01. The summed E-state index contributed by atoms with van der Waals surface area (Å²) in [6.07, 6.45) is 0.668. The zero-order valence-electron chi connectivity index (χ0n) is 9.56. The van der Waals surface area contributed by atoms with Crippen LogP contribution in [0.15, 0.2) is 36.4 Å². The molecule has 2 rings (SSSR count). The van der Waals surface area contributed by atoms with E-state index in [-0.39, 0.29) is 5.56 Å². The first kappa shape index (κ1) is 13.4. The van der Waals surface area contributed by atoms with E-state index in [2.05, 4.69) is 0 Å². The van der Waals surface area contributed by atoms with Crippen LogP contribution in [0.5, 0.6) is 11.5 Å². The highest BCUT2D eigenvalue weighted by Gasteiger charge is 2.07. The Hall–Kier alpha value is -2.02. The second-order valence-electron chi connectivity index (χ2n) is 3.69. The van der Waals surface area contributed by atoms with E-state index >= 15 is 0 Å². The Bertz CT molecular complexity index is 657. The normalized spacial score (nSPS) is 9.74. The third-order valence-corrected chi connectivity index (χ3v) is 2.76. The van der Waals surface area contributed by atoms with Gasteiger partial charge in [-0.3, -0.25) is 4.79 Å². The van der Waals surface area contributed by atoms with Gasteiger partial charge in [-0.25, -0.2) is 0 Å². The summed E-state index contributed by atoms with van der Waals surface area (Å²) in [5, 5.41) is 9.90. The summed E-state index contributed by atoms with van der Waals surface area (Å²) in [4.78, 5) is 10.6. The number of nitriles is 1. The number of hydrogen-bond donors (Lipinski definition) is 0. The molecule has 0 saturated heterocycles. The second-order valence-corrected chi connectivity index (χ2v) is 4.57. The molecule has 0 radical (unpaired) electrons. The molecule has 0 aliphatic carbocycles. The summed E-state index contributed by atoms with van der Waals surface area (Å²) in [7, 11) is 0. The largest absolute Gasteiger partial charge is 0.456 e. The van der Waals surface area contributed by atoms with E-state index in [4.69, 9.17) is 33.2 Å². The highest BCUT2D eigenvalue weighted by Crippen LogP contribution is 2.30. The number of aldehydes is 1. The average molecular weight is 292 g/mol. The maximum absolute atomic E-state index is 10.6. The Kier molecular flexibility index (Phi) is 4.06. The minimum Gasteiger partial charge on any atom is -0.456 e. The van der Waals surface area contributed by atoms with Gasteiger partial charge in [-0.05, 0) is 36.4 Å². The first-order chi connectivity index (χ1) is 9.12. The van der Waals surface area contributed by atoms with Crippen LogP contribution in [0.1, 0.15) is 15.9 Å². The lowest BCUT2D eigenvalue weighted by molar-refractivity contribution is 0.112. The van der Waals surface area contributed by atoms with Crippen LogP contribution in [0, 0.1) is 11.3 Å². The standard InChI is InChI=1S/C14H7Cl2NO2/c15-11-4-12(16)6-13(5-11)19-14-2-1-9(8-18)3-10(14)7-17/h1-6,8H. The minimum absolute atomic E-state index is 0.265. The highest BCUT2D eigenvalue weighted by molar-refractivity contribution is 6.34. The molecule has 19 heavy (non-hydrogen) atoms. The number of carbonyl (C=O) groups excluding carboxylic acids is 1. The van der Waals surface area contributed by atoms with Crippen molar-refractivity contribution >= 4 is 29.5 Å². The van der Waals surface area contributed by atoms with E-state index in [0.717, 1.165) is 0 Å². The van der Waals surface area contributed by atoms with E-state index < -0.39 is 0 Å². The van der Waals surface area contributed by atoms with Gasteiger partial charge in [0.2, 0.25) is 0 Å². The van der Waals surface area contributed by atoms with Crippen LogP contribution in [-0.4, -0.2) is 6.29 Å². The van der Waals surface area contributed by atoms with Crippen molar-refractivity contribution in [1.29, 1.82) is 5.26 Å². The van der Waals surface area contributed by atoms with Gasteiger partial charge in [0, 0.05) is 15.6 Å². The van der Waals surface area contributed by atoms with Crippen molar-refractivity contribution in [2.75, 3.05) is 0 Å². The Morgan fingerprint density at radius 1 is 1.11 bits per heavy atom. The molecule has 2 aromatic carbocycles. The zero-order valence-corrected chi connectivity index (χ0v) is 11.1. The highest BCUT2D eigenvalue weighted by atomic mass is 35.5. The number of ether oxygens (including phenoxy) is 1. The second kappa shape index (κ2) is 5.75. The molecule has 0 aromatic heterocycles. The van der Waals surface area contributed by atoms with Gasteiger partial charge >= 0.3 is 0 Å². The SMILES string of the molecule is N#Cc1cc(C=O)ccc1Oc1cc(Cl)cc(Cl)c1. The summed E-state index contributed by atoms with van der Waals surface area (Å²) in [5.74, 6) is 0.763. The molecule has 3 nitrogen and oxygen atoms in total. The smallest absolute Gasteiger partial charge is 0.150 e. The molecule has 0 aliphatic rings. The van der Waals surface area contributed by atoms with Crippen molar-refractivity contribution in [2.45, 2.75) is 0 Å². The molecule has 0 N–H and O–H groups in total. The summed E-state index contributed by atoms with van der Waals surface area (Å²) in [6, 6.07) is 11.3. The molecule has 5 heteroatoms. The van der Waals surface area contributed by atoms with Gasteiger partial charge in [-0.2, -0.15) is 5.26 Å². The number of nitrogens with zero attached hydrogens (tertiary/aromatic N) is 1. The minimum atomic E-state index is 0.265. The number of benzene rings is 2. The molecular weight excluding hydrogens is 285 g/mol. The maximum atomic E-state index is 10.6. The fourth-order valence-corrected chi connectivity index (χ4v) is 2.02. The Labute approximate surface area is 119 Å². The van der Waals surface area contributed by atoms with Crippen molar-refractivity contribution in [2.24, 2.45) is 0 Å². The molecule has 0 unspecified atom stereocenters. The van der Waals surface area contributed by atoms with Crippen molar-refractivity contribution in [1.82, 2.24) is 0 Å². The van der Waals surface area contributed by atoms with Crippen molar-refractivity contribution < 1.29 is 9.53 Å². The lowest BCUT2D eigenvalue weighted by Gasteiger charge is -2.08. The van der Waals surface area contributed by atoms with Crippen molar-refractivity contribution in [3.8, 4) is 17.6 Å². The lowest BCUT2D eigenvalue weighted by Crippen LogP contribution is -1.90.